The average Bonchev–Trinajstić information content (AvgIpc) is 3.42. The van der Waals surface area contributed by atoms with E-state index in [1.165, 1.54) is 0 Å². The molecule has 260 valence electrons. The monoisotopic (exact) mass is 647 g/mol. The van der Waals surface area contributed by atoms with E-state index in [-0.39, 0.29) is 47.8 Å². The van der Waals surface area contributed by atoms with E-state index in [9.17, 15) is 14.4 Å². The first-order valence-corrected chi connectivity index (χ1v) is 16.6. The maximum atomic E-state index is 14.0. The smallest absolute Gasteiger partial charge is 0.410 e. The highest BCUT2D eigenvalue weighted by atomic mass is 16.6. The summed E-state index contributed by atoms with van der Waals surface area (Å²) >= 11 is 0. The Kier molecular flexibility index (Phi) is 14.0. The minimum Gasteiger partial charge on any atom is -0.493 e. The predicted octanol–water partition coefficient (Wildman–Crippen LogP) is 5.11. The highest BCUT2D eigenvalue weighted by Crippen LogP contribution is 2.32. The summed E-state index contributed by atoms with van der Waals surface area (Å²) < 4.78 is 27.8. The lowest BCUT2D eigenvalue weighted by atomic mass is 9.86. The molecule has 1 aromatic rings. The van der Waals surface area contributed by atoms with Crippen LogP contribution in [0, 0.1) is 17.8 Å². The SMILES string of the molecule is COCCCOc1cc(C(=O)N(C[C@@H]2CN(C(=O)OC(C)(C)C)C[C@H]2CN(C)C(=O)C2CCC(OC)CC2)C(C)C)ccc1OC. The number of carbonyl (C=O) groups excluding carboxylic acids is 3. The Bertz CT molecular complexity index is 1150. The summed E-state index contributed by atoms with van der Waals surface area (Å²) in [7, 11) is 6.80. The van der Waals surface area contributed by atoms with Gasteiger partial charge in [0.05, 0.1) is 19.8 Å². The summed E-state index contributed by atoms with van der Waals surface area (Å²) in [5.74, 6) is 0.959. The van der Waals surface area contributed by atoms with Crippen molar-refractivity contribution in [1.82, 2.24) is 14.7 Å². The Morgan fingerprint density at radius 1 is 0.935 bits per heavy atom. The topological polar surface area (TPSA) is 107 Å². The van der Waals surface area contributed by atoms with Crippen molar-refractivity contribution < 1.29 is 38.1 Å². The van der Waals surface area contributed by atoms with Gasteiger partial charge in [-0.2, -0.15) is 0 Å². The molecule has 0 bridgehead atoms. The molecule has 0 radical (unpaired) electrons. The van der Waals surface area contributed by atoms with Crippen LogP contribution in [0.1, 0.15) is 77.1 Å². The summed E-state index contributed by atoms with van der Waals surface area (Å²) in [5.41, 5.74) is -0.135. The van der Waals surface area contributed by atoms with Gasteiger partial charge in [0.2, 0.25) is 5.91 Å². The third kappa shape index (κ3) is 10.5. The van der Waals surface area contributed by atoms with Crippen molar-refractivity contribution in [2.45, 2.75) is 84.5 Å². The van der Waals surface area contributed by atoms with Crippen molar-refractivity contribution in [3.05, 3.63) is 23.8 Å². The van der Waals surface area contributed by atoms with Crippen LogP contribution in [0.4, 0.5) is 4.79 Å². The van der Waals surface area contributed by atoms with Gasteiger partial charge in [-0.15, -0.1) is 0 Å². The standard InChI is InChI=1S/C35H57N3O8/c1-24(2)38(33(40)26-13-16-30(44-9)31(19-26)45-18-10-17-42-7)23-28-22-37(34(41)46-35(3,4)5)21-27(28)20-36(6)32(39)25-11-14-29(43-8)15-12-25/h13,16,19,24-25,27-29H,10-12,14-15,17-18,20-23H2,1-9H3/t25?,27-,28+,29?/m1/s1. The molecule has 1 saturated heterocycles. The molecular weight excluding hydrogens is 590 g/mol. The van der Waals surface area contributed by atoms with E-state index >= 15 is 0 Å². The van der Waals surface area contributed by atoms with Crippen LogP contribution in [0.15, 0.2) is 18.2 Å². The van der Waals surface area contributed by atoms with Gasteiger partial charge in [-0.3, -0.25) is 9.59 Å². The molecule has 3 amide bonds. The maximum Gasteiger partial charge on any atom is 0.410 e. The summed E-state index contributed by atoms with van der Waals surface area (Å²) in [5, 5.41) is 0. The molecule has 1 saturated carbocycles. The van der Waals surface area contributed by atoms with E-state index in [0.29, 0.717) is 62.9 Å². The molecule has 1 aromatic carbocycles. The molecule has 1 aliphatic heterocycles. The molecule has 1 heterocycles. The van der Waals surface area contributed by atoms with Gasteiger partial charge < -0.3 is 38.4 Å². The minimum atomic E-state index is -0.629. The van der Waals surface area contributed by atoms with Crippen LogP contribution in [-0.4, -0.2) is 118 Å². The number of methoxy groups -OCH3 is 3. The van der Waals surface area contributed by atoms with Crippen LogP contribution in [0.2, 0.25) is 0 Å². The molecule has 2 atom stereocenters. The van der Waals surface area contributed by atoms with Crippen molar-refractivity contribution >= 4 is 17.9 Å². The molecule has 0 aromatic heterocycles. The Balaban J connectivity index is 1.80. The molecule has 0 spiro atoms. The van der Waals surface area contributed by atoms with E-state index in [1.807, 2.05) is 51.5 Å². The second-order valence-corrected chi connectivity index (χ2v) is 13.9. The zero-order chi connectivity index (χ0) is 34.0. The molecule has 11 heteroatoms. The summed E-state index contributed by atoms with van der Waals surface area (Å²) in [6.07, 6.45) is 3.95. The zero-order valence-electron chi connectivity index (χ0n) is 29.5. The van der Waals surface area contributed by atoms with Crippen molar-refractivity contribution in [2.75, 3.05) is 67.8 Å². The highest BCUT2D eigenvalue weighted by Gasteiger charge is 2.41. The van der Waals surface area contributed by atoms with Crippen LogP contribution >= 0.6 is 0 Å². The van der Waals surface area contributed by atoms with E-state index in [4.69, 9.17) is 23.7 Å². The second-order valence-electron chi connectivity index (χ2n) is 13.9. The number of benzene rings is 1. The van der Waals surface area contributed by atoms with Crippen LogP contribution in [0.25, 0.3) is 0 Å². The Morgan fingerprint density at radius 3 is 2.15 bits per heavy atom. The lowest BCUT2D eigenvalue weighted by Crippen LogP contribution is -2.44. The molecule has 1 aliphatic carbocycles. The molecule has 2 aliphatic rings. The number of amides is 3. The fraction of sp³-hybridized carbons (Fsp3) is 0.743. The van der Waals surface area contributed by atoms with Gasteiger partial charge in [0.15, 0.2) is 11.5 Å². The van der Waals surface area contributed by atoms with Crippen LogP contribution < -0.4 is 9.47 Å². The molecule has 0 unspecified atom stereocenters. The predicted molar refractivity (Wildman–Crippen MR) is 176 cm³/mol. The van der Waals surface area contributed by atoms with E-state index in [0.717, 1.165) is 25.7 Å². The first-order valence-electron chi connectivity index (χ1n) is 16.6. The maximum absolute atomic E-state index is 14.0. The molecule has 46 heavy (non-hydrogen) atoms. The summed E-state index contributed by atoms with van der Waals surface area (Å²) in [6, 6.07) is 5.13. The lowest BCUT2D eigenvalue weighted by molar-refractivity contribution is -0.136. The summed E-state index contributed by atoms with van der Waals surface area (Å²) in [6.45, 7) is 12.4. The number of hydrogen-bond acceptors (Lipinski definition) is 8. The van der Waals surface area contributed by atoms with Crippen LogP contribution in [0.5, 0.6) is 11.5 Å². The van der Waals surface area contributed by atoms with Gasteiger partial charge in [-0.1, -0.05) is 0 Å². The summed E-state index contributed by atoms with van der Waals surface area (Å²) in [4.78, 5) is 46.1. The molecule has 3 rings (SSSR count). The first-order chi connectivity index (χ1) is 21.8. The van der Waals surface area contributed by atoms with Gasteiger partial charge in [-0.05, 0) is 78.5 Å². The van der Waals surface area contributed by atoms with Gasteiger partial charge in [-0.25, -0.2) is 4.79 Å². The number of carbonyl (C=O) groups is 3. The van der Waals surface area contributed by atoms with E-state index in [2.05, 4.69) is 0 Å². The third-order valence-corrected chi connectivity index (χ3v) is 8.95. The van der Waals surface area contributed by atoms with Crippen molar-refractivity contribution in [1.29, 1.82) is 0 Å². The normalized spacial score (nSPS) is 21.7. The fourth-order valence-electron chi connectivity index (χ4n) is 6.38. The minimum absolute atomic E-state index is 0.0204. The second kappa shape index (κ2) is 17.2. The number of rotatable bonds is 14. The van der Waals surface area contributed by atoms with Crippen molar-refractivity contribution in [3.8, 4) is 11.5 Å². The molecule has 0 N–H and O–H groups in total. The van der Waals surface area contributed by atoms with Crippen molar-refractivity contribution in [3.63, 3.8) is 0 Å². The fourth-order valence-corrected chi connectivity index (χ4v) is 6.38. The van der Waals surface area contributed by atoms with Gasteiger partial charge in [0.1, 0.15) is 5.60 Å². The average molecular weight is 648 g/mol. The quantitative estimate of drug-likeness (QED) is 0.257. The number of likely N-dealkylation sites (tertiary alicyclic amines) is 1. The van der Waals surface area contributed by atoms with Crippen LogP contribution in [-0.2, 0) is 19.0 Å². The Labute approximate surface area is 275 Å². The number of nitrogens with zero attached hydrogens (tertiary/aromatic N) is 3. The van der Waals surface area contributed by atoms with Crippen LogP contribution in [0.3, 0.4) is 0 Å². The molecule has 11 nitrogen and oxygen atoms in total. The Morgan fingerprint density at radius 2 is 1.59 bits per heavy atom. The van der Waals surface area contributed by atoms with E-state index < -0.39 is 5.60 Å². The largest absolute Gasteiger partial charge is 0.493 e. The highest BCUT2D eigenvalue weighted by molar-refractivity contribution is 5.95. The van der Waals surface area contributed by atoms with E-state index in [1.54, 1.807) is 44.4 Å². The molecular formula is C35H57N3O8. The number of ether oxygens (including phenoxy) is 5. The zero-order valence-corrected chi connectivity index (χ0v) is 29.5. The third-order valence-electron chi connectivity index (χ3n) is 8.95. The Hall–Kier alpha value is -3.05. The molecule has 2 fully saturated rings. The van der Waals surface area contributed by atoms with Gasteiger partial charge in [0, 0.05) is 89.8 Å². The van der Waals surface area contributed by atoms with Gasteiger partial charge in [0.25, 0.3) is 5.91 Å². The van der Waals surface area contributed by atoms with Gasteiger partial charge >= 0.3 is 6.09 Å². The lowest BCUT2D eigenvalue weighted by Gasteiger charge is -2.34. The first kappa shape index (κ1) is 37.4. The number of hydrogen-bond donors (Lipinski definition) is 0. The van der Waals surface area contributed by atoms with Crippen molar-refractivity contribution in [2.24, 2.45) is 17.8 Å².